The summed E-state index contributed by atoms with van der Waals surface area (Å²) < 4.78 is 7.03. The van der Waals surface area contributed by atoms with Crippen LogP contribution in [0.5, 0.6) is 0 Å². The van der Waals surface area contributed by atoms with E-state index in [1.54, 1.807) is 26.4 Å². The Morgan fingerprint density at radius 1 is 0.969 bits per heavy atom. The van der Waals surface area contributed by atoms with Gasteiger partial charge < -0.3 is 0 Å². The summed E-state index contributed by atoms with van der Waals surface area (Å²) in [6.45, 7) is 4.27. The molecule has 32 heavy (non-hydrogen) atoms. The summed E-state index contributed by atoms with van der Waals surface area (Å²) in [4.78, 5) is 9.26. The van der Waals surface area contributed by atoms with E-state index in [9.17, 15) is 0 Å². The predicted molar refractivity (Wildman–Crippen MR) is 119 cm³/mol. The molecule has 0 aliphatic carbocycles. The molecule has 0 amide bonds. The summed E-state index contributed by atoms with van der Waals surface area (Å²) in [5.74, 6) is 0.511. The normalized spacial score (nSPS) is 11.7. The molecule has 6 rings (SSSR count). The fourth-order valence-electron chi connectivity index (χ4n) is 3.70. The fourth-order valence-corrected chi connectivity index (χ4v) is 3.83. The summed E-state index contributed by atoms with van der Waals surface area (Å²) in [5.41, 5.74) is 4.68. The summed E-state index contributed by atoms with van der Waals surface area (Å²) >= 11 is 6.25. The minimum absolute atomic E-state index is 0.447. The first-order valence-electron chi connectivity index (χ1n) is 9.96. The predicted octanol–water partition coefficient (Wildman–Crippen LogP) is 3.30. The van der Waals surface area contributed by atoms with Gasteiger partial charge in [0.05, 0.1) is 33.7 Å². The molecule has 5 aromatic heterocycles. The Morgan fingerprint density at radius 3 is 2.59 bits per heavy atom. The van der Waals surface area contributed by atoms with Crippen molar-refractivity contribution in [2.75, 3.05) is 0 Å². The number of rotatable bonds is 4. The molecule has 0 spiro atoms. The number of aromatic nitrogens is 10. The highest BCUT2D eigenvalue weighted by molar-refractivity contribution is 6.31. The number of hydrogen-bond acceptors (Lipinski definition) is 6. The molecule has 0 radical (unpaired) electrons. The Morgan fingerprint density at radius 2 is 1.81 bits per heavy atom. The van der Waals surface area contributed by atoms with E-state index >= 15 is 0 Å². The van der Waals surface area contributed by atoms with Crippen molar-refractivity contribution >= 4 is 28.3 Å². The van der Waals surface area contributed by atoms with Crippen LogP contribution in [0.15, 0.2) is 55.1 Å². The fraction of sp³-hybridized carbons (Fsp3) is 0.143. The molecule has 0 saturated heterocycles. The lowest BCUT2D eigenvalue weighted by Crippen LogP contribution is -2.11. The Hall–Kier alpha value is -4.05. The molecule has 0 fully saturated rings. The second-order valence-electron chi connectivity index (χ2n) is 7.44. The van der Waals surface area contributed by atoms with Crippen LogP contribution < -0.4 is 0 Å². The summed E-state index contributed by atoms with van der Waals surface area (Å²) in [7, 11) is 0. The average Bonchev–Trinajstić information content (AvgIpc) is 3.57. The highest BCUT2D eigenvalue weighted by atomic mass is 35.5. The largest absolute Gasteiger partial charge is 0.250 e. The first-order chi connectivity index (χ1) is 15.6. The topological polar surface area (TPSA) is 96.5 Å². The zero-order chi connectivity index (χ0) is 21.8. The molecule has 158 valence electrons. The third-order valence-corrected chi connectivity index (χ3v) is 5.89. The summed E-state index contributed by atoms with van der Waals surface area (Å²) in [6, 6.07) is 11.7. The van der Waals surface area contributed by atoms with Crippen LogP contribution in [-0.4, -0.2) is 48.9 Å². The van der Waals surface area contributed by atoms with E-state index in [4.69, 9.17) is 16.6 Å². The molecular formula is C21H17ClN10. The Balaban J connectivity index is 1.37. The van der Waals surface area contributed by atoms with Crippen molar-refractivity contribution in [1.29, 1.82) is 0 Å². The van der Waals surface area contributed by atoms with E-state index in [-0.39, 0.29) is 0 Å². The number of aryl methyl sites for hydroxylation is 1. The third kappa shape index (κ3) is 2.88. The van der Waals surface area contributed by atoms with Crippen LogP contribution in [0.4, 0.5) is 0 Å². The average molecular weight is 445 g/mol. The van der Waals surface area contributed by atoms with Gasteiger partial charge in [0.25, 0.3) is 0 Å². The molecule has 5 heterocycles. The van der Waals surface area contributed by atoms with Crippen molar-refractivity contribution in [3.63, 3.8) is 0 Å². The lowest BCUT2D eigenvalue weighted by molar-refractivity contribution is 0.492. The van der Waals surface area contributed by atoms with Crippen LogP contribution in [-0.2, 0) is 6.67 Å². The summed E-state index contributed by atoms with van der Waals surface area (Å²) in [6.07, 6.45) is 5.27. The van der Waals surface area contributed by atoms with Gasteiger partial charge in [-0.25, -0.2) is 23.8 Å². The first-order valence-corrected chi connectivity index (χ1v) is 10.3. The second-order valence-corrected chi connectivity index (χ2v) is 7.82. The van der Waals surface area contributed by atoms with Gasteiger partial charge in [-0.3, -0.25) is 4.68 Å². The van der Waals surface area contributed by atoms with E-state index in [0.29, 0.717) is 28.9 Å². The quantitative estimate of drug-likeness (QED) is 0.414. The van der Waals surface area contributed by atoms with Gasteiger partial charge in [0.1, 0.15) is 18.7 Å². The van der Waals surface area contributed by atoms with Crippen molar-refractivity contribution in [3.05, 3.63) is 71.5 Å². The molecule has 0 unspecified atom stereocenters. The highest BCUT2D eigenvalue weighted by Gasteiger charge is 2.16. The molecular weight excluding hydrogens is 428 g/mol. The number of nitrogens with zero attached hydrogens (tertiary/aromatic N) is 10. The van der Waals surface area contributed by atoms with Gasteiger partial charge in [0.15, 0.2) is 11.3 Å². The molecule has 0 N–H and O–H groups in total. The van der Waals surface area contributed by atoms with E-state index in [1.165, 1.54) is 0 Å². The maximum Gasteiger partial charge on any atom is 0.202 e. The molecule has 0 atom stereocenters. The van der Waals surface area contributed by atoms with Crippen molar-refractivity contribution in [1.82, 2.24) is 48.9 Å². The van der Waals surface area contributed by atoms with E-state index in [1.807, 2.05) is 61.1 Å². The minimum atomic E-state index is 0.447. The van der Waals surface area contributed by atoms with E-state index < -0.39 is 0 Å². The zero-order valence-corrected chi connectivity index (χ0v) is 18.0. The summed E-state index contributed by atoms with van der Waals surface area (Å²) in [5, 5.41) is 19.6. The molecule has 10 nitrogen and oxygen atoms in total. The van der Waals surface area contributed by atoms with Crippen molar-refractivity contribution < 1.29 is 0 Å². The molecule has 0 aliphatic rings. The number of para-hydroxylation sites is 1. The van der Waals surface area contributed by atoms with Crippen LogP contribution in [0.2, 0.25) is 5.02 Å². The Bertz CT molecular complexity index is 1590. The lowest BCUT2D eigenvalue weighted by Gasteiger charge is -2.04. The van der Waals surface area contributed by atoms with Crippen LogP contribution in [0.1, 0.15) is 11.4 Å². The number of hydrogen-bond donors (Lipinski definition) is 0. The van der Waals surface area contributed by atoms with Gasteiger partial charge in [-0.15, -0.1) is 5.10 Å². The number of fused-ring (bicyclic) bond motifs is 3. The monoisotopic (exact) mass is 444 g/mol. The molecule has 0 bridgehead atoms. The van der Waals surface area contributed by atoms with Gasteiger partial charge >= 0.3 is 0 Å². The standard InChI is InChI=1S/C21H17ClN10/c1-13-18(22)14(2)31(26-13)12-29-9-8-17(27-29)19-25-21-16-10-24-32(15-6-4-3-5-7-15)20(16)23-11-30(21)28-19/h3-11H,12H2,1-2H3. The smallest absolute Gasteiger partial charge is 0.202 e. The van der Waals surface area contributed by atoms with Gasteiger partial charge in [-0.05, 0) is 32.0 Å². The second kappa shape index (κ2) is 6.99. The first kappa shape index (κ1) is 18.7. The molecule has 0 aliphatic heterocycles. The van der Waals surface area contributed by atoms with Crippen molar-refractivity contribution in [2.45, 2.75) is 20.5 Å². The molecule has 11 heteroatoms. The van der Waals surface area contributed by atoms with Crippen molar-refractivity contribution in [2.24, 2.45) is 0 Å². The zero-order valence-electron chi connectivity index (χ0n) is 17.3. The minimum Gasteiger partial charge on any atom is -0.250 e. The van der Waals surface area contributed by atoms with Crippen LogP contribution >= 0.6 is 11.6 Å². The van der Waals surface area contributed by atoms with Crippen molar-refractivity contribution in [3.8, 4) is 17.2 Å². The van der Waals surface area contributed by atoms with E-state index in [0.717, 1.165) is 28.1 Å². The highest BCUT2D eigenvalue weighted by Crippen LogP contribution is 2.22. The number of benzene rings is 1. The van der Waals surface area contributed by atoms with Gasteiger partial charge in [-0.1, -0.05) is 29.8 Å². The van der Waals surface area contributed by atoms with Gasteiger partial charge in [-0.2, -0.15) is 15.3 Å². The SMILES string of the molecule is Cc1nn(Cn2ccc(-c3nc4c5cnn(-c6ccccc6)c5ncn4n3)n2)c(C)c1Cl. The maximum absolute atomic E-state index is 6.25. The van der Waals surface area contributed by atoms with Crippen LogP contribution in [0.25, 0.3) is 33.9 Å². The van der Waals surface area contributed by atoms with Gasteiger partial charge in [0, 0.05) is 6.20 Å². The Labute approximate surface area is 186 Å². The number of halogens is 1. The van der Waals surface area contributed by atoms with Gasteiger partial charge in [0.2, 0.25) is 5.82 Å². The lowest BCUT2D eigenvalue weighted by atomic mass is 10.3. The maximum atomic E-state index is 6.25. The van der Waals surface area contributed by atoms with Crippen LogP contribution in [0, 0.1) is 13.8 Å². The Kier molecular flexibility index (Phi) is 4.08. The molecule has 0 saturated carbocycles. The molecule has 6 aromatic rings. The van der Waals surface area contributed by atoms with E-state index in [2.05, 4.69) is 25.4 Å². The van der Waals surface area contributed by atoms with Crippen LogP contribution in [0.3, 0.4) is 0 Å². The third-order valence-electron chi connectivity index (χ3n) is 5.35. The molecule has 1 aromatic carbocycles.